The Bertz CT molecular complexity index is 755. The minimum absolute atomic E-state index is 0.0155. The van der Waals surface area contributed by atoms with Crippen molar-refractivity contribution < 1.29 is 14.3 Å². The molecule has 5 fully saturated rings. The van der Waals surface area contributed by atoms with Gasteiger partial charge in [0.05, 0.1) is 24.7 Å². The maximum Gasteiger partial charge on any atom is 0.254 e. The first-order valence-electron chi connectivity index (χ1n) is 10.8. The van der Waals surface area contributed by atoms with Crippen LogP contribution in [-0.2, 0) is 9.53 Å². The van der Waals surface area contributed by atoms with Gasteiger partial charge >= 0.3 is 0 Å². The summed E-state index contributed by atoms with van der Waals surface area (Å²) in [6, 6.07) is 7.52. The topological polar surface area (TPSA) is 58.6 Å². The first-order chi connectivity index (χ1) is 13.5. The number of carbonyl (C=O) groups is 2. The molecule has 1 N–H and O–H groups in total. The second kappa shape index (κ2) is 6.87. The lowest BCUT2D eigenvalue weighted by Gasteiger charge is -2.55. The first kappa shape index (κ1) is 18.2. The number of hydrogen-bond acceptors (Lipinski definition) is 3. The molecule has 4 saturated carbocycles. The van der Waals surface area contributed by atoms with E-state index in [0.717, 1.165) is 42.7 Å². The fraction of sp³-hybridized carbons (Fsp3) is 0.652. The molecule has 0 aromatic heterocycles. The van der Waals surface area contributed by atoms with Crippen LogP contribution in [0, 0.1) is 23.2 Å². The normalized spacial score (nSPS) is 36.4. The van der Waals surface area contributed by atoms with Gasteiger partial charge in [0.25, 0.3) is 5.91 Å². The van der Waals surface area contributed by atoms with Crippen molar-refractivity contribution in [3.63, 3.8) is 0 Å². The Morgan fingerprint density at radius 3 is 2.43 bits per heavy atom. The summed E-state index contributed by atoms with van der Waals surface area (Å²) in [5, 5.41) is 3.17. The van der Waals surface area contributed by atoms with Gasteiger partial charge in [-0.1, -0.05) is 6.07 Å². The third-order valence-corrected chi connectivity index (χ3v) is 7.52. The summed E-state index contributed by atoms with van der Waals surface area (Å²) >= 11 is 0. The van der Waals surface area contributed by atoms with Gasteiger partial charge in [-0.3, -0.25) is 9.59 Å². The minimum atomic E-state index is -0.173. The zero-order chi connectivity index (χ0) is 19.3. The highest BCUT2D eigenvalue weighted by molar-refractivity contribution is 5.99. The summed E-state index contributed by atoms with van der Waals surface area (Å²) in [7, 11) is 0. The molecular formula is C23H30N2O3. The predicted octanol–water partition coefficient (Wildman–Crippen LogP) is 3.70. The van der Waals surface area contributed by atoms with Crippen LogP contribution >= 0.6 is 0 Å². The van der Waals surface area contributed by atoms with Gasteiger partial charge in [-0.05, 0) is 81.4 Å². The van der Waals surface area contributed by atoms with E-state index in [4.69, 9.17) is 4.74 Å². The van der Waals surface area contributed by atoms with Crippen molar-refractivity contribution in [3.8, 4) is 0 Å². The van der Waals surface area contributed by atoms with Crippen molar-refractivity contribution in [2.24, 2.45) is 23.2 Å². The molecule has 1 aliphatic heterocycles. The number of hydrogen-bond donors (Lipinski definition) is 1. The molecule has 0 spiro atoms. The molecule has 0 radical (unpaired) electrons. The third-order valence-electron chi connectivity index (χ3n) is 7.52. The van der Waals surface area contributed by atoms with Crippen LogP contribution in [0.25, 0.3) is 0 Å². The second-order valence-electron chi connectivity index (χ2n) is 9.66. The number of rotatable bonds is 3. The maximum absolute atomic E-state index is 13.3. The Balaban J connectivity index is 1.32. The van der Waals surface area contributed by atoms with E-state index in [1.54, 1.807) is 0 Å². The molecule has 5 nitrogen and oxygen atoms in total. The second-order valence-corrected chi connectivity index (χ2v) is 9.66. The number of nitrogens with zero attached hydrogens (tertiary/aromatic N) is 1. The van der Waals surface area contributed by atoms with E-state index < -0.39 is 0 Å². The van der Waals surface area contributed by atoms with E-state index in [0.29, 0.717) is 25.3 Å². The highest BCUT2D eigenvalue weighted by Crippen LogP contribution is 2.60. The monoisotopic (exact) mass is 382 g/mol. The van der Waals surface area contributed by atoms with Crippen molar-refractivity contribution in [3.05, 3.63) is 29.8 Å². The number of ether oxygens (including phenoxy) is 1. The van der Waals surface area contributed by atoms with Crippen molar-refractivity contribution in [2.75, 3.05) is 25.1 Å². The van der Waals surface area contributed by atoms with Crippen LogP contribution in [0.15, 0.2) is 24.3 Å². The van der Waals surface area contributed by atoms with Gasteiger partial charge in [-0.15, -0.1) is 0 Å². The lowest BCUT2D eigenvalue weighted by Crippen LogP contribution is -2.51. The fourth-order valence-electron chi connectivity index (χ4n) is 6.58. The third kappa shape index (κ3) is 3.14. The Hall–Kier alpha value is -1.88. The molecule has 1 aromatic rings. The van der Waals surface area contributed by atoms with Crippen LogP contribution in [-0.4, -0.2) is 42.5 Å². The molecule has 6 rings (SSSR count). The highest BCUT2D eigenvalue weighted by atomic mass is 16.5. The lowest BCUT2D eigenvalue weighted by atomic mass is 9.49. The van der Waals surface area contributed by atoms with Gasteiger partial charge < -0.3 is 15.0 Å². The van der Waals surface area contributed by atoms with Gasteiger partial charge in [-0.25, -0.2) is 0 Å². The molecule has 4 bridgehead atoms. The fourth-order valence-corrected chi connectivity index (χ4v) is 6.58. The smallest absolute Gasteiger partial charge is 0.254 e. The SMILES string of the molecule is CC1COCCN1C(=O)c1cccc(NC(=O)C23CC4CC(CC(C4)C2)C3)c1. The maximum atomic E-state index is 13.3. The molecule has 1 aromatic carbocycles. The summed E-state index contributed by atoms with van der Waals surface area (Å²) < 4.78 is 5.44. The van der Waals surface area contributed by atoms with E-state index >= 15 is 0 Å². The van der Waals surface area contributed by atoms with E-state index in [2.05, 4.69) is 5.32 Å². The minimum Gasteiger partial charge on any atom is -0.377 e. The average molecular weight is 383 g/mol. The molecule has 2 amide bonds. The molecule has 1 saturated heterocycles. The number of amides is 2. The quantitative estimate of drug-likeness (QED) is 0.867. The molecule has 28 heavy (non-hydrogen) atoms. The molecule has 150 valence electrons. The highest BCUT2D eigenvalue weighted by Gasteiger charge is 2.54. The zero-order valence-corrected chi connectivity index (χ0v) is 16.7. The summed E-state index contributed by atoms with van der Waals surface area (Å²) in [5.41, 5.74) is 1.21. The standard InChI is InChI=1S/C23H30N2O3/c1-15-14-28-6-5-25(15)21(26)19-3-2-4-20(10-19)24-22(27)23-11-16-7-17(12-23)9-18(8-16)13-23/h2-4,10,15-18H,5-9,11-14H2,1H3,(H,24,27). The molecule has 1 atom stereocenters. The summed E-state index contributed by atoms with van der Waals surface area (Å²) in [6.07, 6.45) is 7.13. The van der Waals surface area contributed by atoms with E-state index in [1.165, 1.54) is 19.3 Å². The van der Waals surface area contributed by atoms with Crippen molar-refractivity contribution in [2.45, 2.75) is 51.5 Å². The van der Waals surface area contributed by atoms with Crippen LogP contribution < -0.4 is 5.32 Å². The zero-order valence-electron chi connectivity index (χ0n) is 16.7. The molecule has 5 aliphatic rings. The van der Waals surface area contributed by atoms with E-state index in [-0.39, 0.29) is 23.3 Å². The molecule has 1 heterocycles. The summed E-state index contributed by atoms with van der Waals surface area (Å²) in [5.74, 6) is 2.42. The molecule has 1 unspecified atom stereocenters. The van der Waals surface area contributed by atoms with Crippen LogP contribution in [0.3, 0.4) is 0 Å². The number of carbonyl (C=O) groups excluding carboxylic acids is 2. The number of benzene rings is 1. The van der Waals surface area contributed by atoms with Gasteiger partial charge in [0, 0.05) is 17.8 Å². The predicted molar refractivity (Wildman–Crippen MR) is 107 cm³/mol. The van der Waals surface area contributed by atoms with Gasteiger partial charge in [0.15, 0.2) is 0 Å². The Labute approximate surface area is 166 Å². The lowest BCUT2D eigenvalue weighted by molar-refractivity contribution is -0.140. The van der Waals surface area contributed by atoms with Crippen LogP contribution in [0.5, 0.6) is 0 Å². The largest absolute Gasteiger partial charge is 0.377 e. The Kier molecular flexibility index (Phi) is 4.46. The van der Waals surface area contributed by atoms with Crippen LogP contribution in [0.2, 0.25) is 0 Å². The van der Waals surface area contributed by atoms with Crippen molar-refractivity contribution in [1.29, 1.82) is 0 Å². The Morgan fingerprint density at radius 1 is 1.11 bits per heavy atom. The number of morpholine rings is 1. The van der Waals surface area contributed by atoms with E-state index in [1.807, 2.05) is 36.1 Å². The van der Waals surface area contributed by atoms with Gasteiger partial charge in [0.2, 0.25) is 5.91 Å². The van der Waals surface area contributed by atoms with Crippen LogP contribution in [0.1, 0.15) is 55.8 Å². The van der Waals surface area contributed by atoms with Gasteiger partial charge in [-0.2, -0.15) is 0 Å². The van der Waals surface area contributed by atoms with Crippen molar-refractivity contribution in [1.82, 2.24) is 4.90 Å². The first-order valence-corrected chi connectivity index (χ1v) is 10.8. The van der Waals surface area contributed by atoms with E-state index in [9.17, 15) is 9.59 Å². The van der Waals surface area contributed by atoms with Gasteiger partial charge in [0.1, 0.15) is 0 Å². The molecule has 4 aliphatic carbocycles. The average Bonchev–Trinajstić information content (AvgIpc) is 2.67. The van der Waals surface area contributed by atoms with Crippen LogP contribution in [0.4, 0.5) is 5.69 Å². The summed E-state index contributed by atoms with van der Waals surface area (Å²) in [4.78, 5) is 28.1. The number of nitrogens with one attached hydrogen (secondary N) is 1. The summed E-state index contributed by atoms with van der Waals surface area (Å²) in [6.45, 7) is 3.78. The molecular weight excluding hydrogens is 352 g/mol. The Morgan fingerprint density at radius 2 is 1.79 bits per heavy atom. The van der Waals surface area contributed by atoms with Crippen molar-refractivity contribution >= 4 is 17.5 Å². The molecule has 5 heteroatoms. The number of anilines is 1.